The van der Waals surface area contributed by atoms with Gasteiger partial charge in [-0.15, -0.1) is 0 Å². The molecule has 1 aromatic heterocycles. The molecular formula is C17H29N5S. The minimum absolute atomic E-state index is 0.0109. The van der Waals surface area contributed by atoms with Gasteiger partial charge in [0.1, 0.15) is 5.82 Å². The van der Waals surface area contributed by atoms with Crippen molar-refractivity contribution < 1.29 is 0 Å². The zero-order valence-electron chi connectivity index (χ0n) is 14.1. The number of anilines is 2. The maximum atomic E-state index is 4.63. The molecule has 0 aromatic carbocycles. The number of hydrogen-bond acceptors (Lipinski definition) is 6. The molecule has 2 N–H and O–H groups in total. The molecule has 1 unspecified atom stereocenters. The Morgan fingerprint density at radius 1 is 0.783 bits per heavy atom. The van der Waals surface area contributed by atoms with E-state index in [9.17, 15) is 0 Å². The summed E-state index contributed by atoms with van der Waals surface area (Å²) in [5.41, 5.74) is 0. The van der Waals surface area contributed by atoms with Crippen LogP contribution in [0.15, 0.2) is 0 Å². The van der Waals surface area contributed by atoms with Gasteiger partial charge >= 0.3 is 0 Å². The first kappa shape index (κ1) is 16.8. The van der Waals surface area contributed by atoms with E-state index in [4.69, 9.17) is 0 Å². The summed E-state index contributed by atoms with van der Waals surface area (Å²) in [6.45, 7) is 2.01. The van der Waals surface area contributed by atoms with Crippen molar-refractivity contribution in [2.24, 2.45) is 0 Å². The Morgan fingerprint density at radius 2 is 1.22 bits per heavy atom. The van der Waals surface area contributed by atoms with Gasteiger partial charge in [0.25, 0.3) is 0 Å². The van der Waals surface area contributed by atoms with Gasteiger partial charge in [0.2, 0.25) is 11.9 Å². The summed E-state index contributed by atoms with van der Waals surface area (Å²) < 4.78 is 0. The summed E-state index contributed by atoms with van der Waals surface area (Å²) in [6, 6.07) is 0.994. The SMILES string of the molecule is CC(S)c1nc(NC2CCCCC2)nc(NC2CCCCC2)n1. The molecule has 2 fully saturated rings. The minimum Gasteiger partial charge on any atom is -0.351 e. The highest BCUT2D eigenvalue weighted by atomic mass is 32.1. The number of nitrogens with zero attached hydrogens (tertiary/aromatic N) is 3. The van der Waals surface area contributed by atoms with Gasteiger partial charge in [-0.2, -0.15) is 27.6 Å². The Balaban J connectivity index is 1.72. The van der Waals surface area contributed by atoms with E-state index in [1.807, 2.05) is 6.92 Å². The standard InChI is InChI=1S/C17H29N5S/c1-12(23)15-20-16(18-13-8-4-2-5-9-13)22-17(21-15)19-14-10-6-3-7-11-14/h12-14,23H,2-11H2,1H3,(H2,18,19,20,21,22). The van der Waals surface area contributed by atoms with Crippen LogP contribution in [0.3, 0.4) is 0 Å². The second-order valence-electron chi connectivity index (χ2n) is 6.98. The number of aromatic nitrogens is 3. The first-order valence-electron chi connectivity index (χ1n) is 9.18. The summed E-state index contributed by atoms with van der Waals surface area (Å²) >= 11 is 4.51. The molecule has 1 heterocycles. The first-order valence-corrected chi connectivity index (χ1v) is 9.69. The fraction of sp³-hybridized carbons (Fsp3) is 0.824. The lowest BCUT2D eigenvalue weighted by molar-refractivity contribution is 0.458. The minimum atomic E-state index is 0.0109. The van der Waals surface area contributed by atoms with Gasteiger partial charge in [0.15, 0.2) is 0 Å². The maximum absolute atomic E-state index is 4.63. The normalized spacial score (nSPS) is 21.8. The average molecular weight is 336 g/mol. The van der Waals surface area contributed by atoms with E-state index in [2.05, 4.69) is 38.2 Å². The van der Waals surface area contributed by atoms with Crippen molar-refractivity contribution in [2.45, 2.75) is 88.5 Å². The fourth-order valence-electron chi connectivity index (χ4n) is 3.57. The van der Waals surface area contributed by atoms with E-state index in [1.165, 1.54) is 64.2 Å². The molecule has 5 nitrogen and oxygen atoms in total. The molecule has 2 saturated carbocycles. The van der Waals surface area contributed by atoms with Crippen LogP contribution in [-0.2, 0) is 0 Å². The Kier molecular flexibility index (Phi) is 5.97. The number of rotatable bonds is 5. The van der Waals surface area contributed by atoms with Crippen molar-refractivity contribution in [3.05, 3.63) is 5.82 Å². The van der Waals surface area contributed by atoms with Gasteiger partial charge in [-0.25, -0.2) is 0 Å². The first-order chi connectivity index (χ1) is 11.2. The predicted octanol–water partition coefficient (Wildman–Crippen LogP) is 4.35. The summed E-state index contributed by atoms with van der Waals surface area (Å²) in [5, 5.41) is 7.05. The number of thiol groups is 1. The van der Waals surface area contributed by atoms with Gasteiger partial charge in [-0.3, -0.25) is 0 Å². The molecule has 0 amide bonds. The summed E-state index contributed by atoms with van der Waals surface area (Å²) in [4.78, 5) is 13.8. The molecular weight excluding hydrogens is 306 g/mol. The highest BCUT2D eigenvalue weighted by Gasteiger charge is 2.19. The van der Waals surface area contributed by atoms with Crippen molar-refractivity contribution in [2.75, 3.05) is 10.6 Å². The van der Waals surface area contributed by atoms with E-state index in [1.54, 1.807) is 0 Å². The molecule has 0 aliphatic heterocycles. The largest absolute Gasteiger partial charge is 0.351 e. The lowest BCUT2D eigenvalue weighted by Crippen LogP contribution is -2.26. The Morgan fingerprint density at radius 3 is 1.61 bits per heavy atom. The molecule has 1 atom stereocenters. The van der Waals surface area contributed by atoms with Crippen LogP contribution in [-0.4, -0.2) is 27.0 Å². The second kappa shape index (κ2) is 8.18. The summed E-state index contributed by atoms with van der Waals surface area (Å²) in [6.07, 6.45) is 12.7. The molecule has 1 aromatic rings. The molecule has 0 spiro atoms. The van der Waals surface area contributed by atoms with E-state index in [0.717, 1.165) is 5.82 Å². The van der Waals surface area contributed by atoms with E-state index < -0.39 is 0 Å². The van der Waals surface area contributed by atoms with Crippen LogP contribution in [0.4, 0.5) is 11.9 Å². The Bertz CT molecular complexity index is 458. The van der Waals surface area contributed by atoms with Crippen LogP contribution in [0.25, 0.3) is 0 Å². The number of nitrogens with one attached hydrogen (secondary N) is 2. The molecule has 128 valence electrons. The van der Waals surface area contributed by atoms with E-state index >= 15 is 0 Å². The van der Waals surface area contributed by atoms with Crippen LogP contribution in [0.5, 0.6) is 0 Å². The third-order valence-electron chi connectivity index (χ3n) is 4.90. The van der Waals surface area contributed by atoms with Crippen molar-refractivity contribution in [1.82, 2.24) is 15.0 Å². The fourth-order valence-corrected chi connectivity index (χ4v) is 3.68. The third kappa shape index (κ3) is 4.96. The zero-order valence-corrected chi connectivity index (χ0v) is 15.0. The average Bonchev–Trinajstić information content (AvgIpc) is 2.56. The maximum Gasteiger partial charge on any atom is 0.228 e. The lowest BCUT2D eigenvalue weighted by atomic mass is 9.96. The quantitative estimate of drug-likeness (QED) is 0.698. The molecule has 23 heavy (non-hydrogen) atoms. The van der Waals surface area contributed by atoms with Crippen LogP contribution < -0.4 is 10.6 Å². The highest BCUT2D eigenvalue weighted by molar-refractivity contribution is 7.80. The molecule has 0 saturated heterocycles. The number of hydrogen-bond donors (Lipinski definition) is 3. The molecule has 2 aliphatic carbocycles. The summed E-state index contributed by atoms with van der Waals surface area (Å²) in [7, 11) is 0. The second-order valence-corrected chi connectivity index (χ2v) is 7.75. The van der Waals surface area contributed by atoms with Crippen molar-refractivity contribution in [3.63, 3.8) is 0 Å². The van der Waals surface area contributed by atoms with Crippen LogP contribution in [0.2, 0.25) is 0 Å². The van der Waals surface area contributed by atoms with Crippen molar-refractivity contribution in [1.29, 1.82) is 0 Å². The summed E-state index contributed by atoms with van der Waals surface area (Å²) in [5.74, 6) is 2.17. The van der Waals surface area contributed by atoms with E-state index in [-0.39, 0.29) is 5.25 Å². The monoisotopic (exact) mass is 335 g/mol. The molecule has 0 radical (unpaired) electrons. The van der Waals surface area contributed by atoms with E-state index in [0.29, 0.717) is 24.0 Å². The predicted molar refractivity (Wildman–Crippen MR) is 98.2 cm³/mol. The highest BCUT2D eigenvalue weighted by Crippen LogP contribution is 2.24. The molecule has 0 bridgehead atoms. The third-order valence-corrected chi connectivity index (χ3v) is 5.13. The zero-order chi connectivity index (χ0) is 16.1. The lowest BCUT2D eigenvalue weighted by Gasteiger charge is -2.25. The van der Waals surface area contributed by atoms with Gasteiger partial charge in [-0.1, -0.05) is 38.5 Å². The smallest absolute Gasteiger partial charge is 0.228 e. The molecule has 2 aliphatic rings. The van der Waals surface area contributed by atoms with Gasteiger partial charge in [0.05, 0.1) is 5.25 Å². The van der Waals surface area contributed by atoms with Gasteiger partial charge in [0, 0.05) is 12.1 Å². The Hall–Kier alpha value is -1.04. The van der Waals surface area contributed by atoms with Crippen molar-refractivity contribution in [3.8, 4) is 0 Å². The van der Waals surface area contributed by atoms with Gasteiger partial charge in [-0.05, 0) is 32.6 Å². The molecule has 3 rings (SSSR count). The topological polar surface area (TPSA) is 62.7 Å². The van der Waals surface area contributed by atoms with Gasteiger partial charge < -0.3 is 10.6 Å². The Labute approximate surface area is 144 Å². The van der Waals surface area contributed by atoms with Crippen LogP contribution >= 0.6 is 12.6 Å². The molecule has 6 heteroatoms. The van der Waals surface area contributed by atoms with Crippen LogP contribution in [0, 0.1) is 0 Å². The van der Waals surface area contributed by atoms with Crippen molar-refractivity contribution >= 4 is 24.5 Å². The van der Waals surface area contributed by atoms with Crippen LogP contribution in [0.1, 0.15) is 82.2 Å².